The normalized spacial score (nSPS) is 12.1. The van der Waals surface area contributed by atoms with Crippen molar-refractivity contribution in [2.75, 3.05) is 13.2 Å². The quantitative estimate of drug-likeness (QED) is 0.652. The highest BCUT2D eigenvalue weighted by molar-refractivity contribution is 5.97. The van der Waals surface area contributed by atoms with Crippen LogP contribution >= 0.6 is 12.4 Å². The van der Waals surface area contributed by atoms with Crippen LogP contribution in [0, 0.1) is 5.92 Å². The molecule has 25 heavy (non-hydrogen) atoms. The molecule has 142 valence electrons. The first-order valence-corrected chi connectivity index (χ1v) is 8.24. The Labute approximate surface area is 156 Å². The van der Waals surface area contributed by atoms with Gasteiger partial charge in [-0.1, -0.05) is 13.8 Å². The molecule has 0 heterocycles. The maximum absolute atomic E-state index is 12.4. The van der Waals surface area contributed by atoms with Crippen LogP contribution < -0.4 is 21.1 Å². The Kier molecular flexibility index (Phi) is 9.52. The lowest BCUT2D eigenvalue weighted by molar-refractivity contribution is -0.124. The zero-order valence-electron chi connectivity index (χ0n) is 15.6. The molecule has 0 fully saturated rings. The molecule has 4 N–H and O–H groups in total. The predicted molar refractivity (Wildman–Crippen MR) is 102 cm³/mol. The second-order valence-electron chi connectivity index (χ2n) is 6.86. The fourth-order valence-corrected chi connectivity index (χ4v) is 2.05. The van der Waals surface area contributed by atoms with E-state index in [1.807, 2.05) is 34.6 Å². The third kappa shape index (κ3) is 8.23. The molecule has 1 rings (SSSR count). The Morgan fingerprint density at radius 2 is 1.76 bits per heavy atom. The molecule has 0 saturated carbocycles. The molecule has 0 aliphatic heterocycles. The molecule has 0 radical (unpaired) electrons. The van der Waals surface area contributed by atoms with Crippen molar-refractivity contribution >= 4 is 24.2 Å². The van der Waals surface area contributed by atoms with Gasteiger partial charge in [0.25, 0.3) is 5.91 Å². The van der Waals surface area contributed by atoms with Crippen molar-refractivity contribution in [3.8, 4) is 5.75 Å². The van der Waals surface area contributed by atoms with Crippen LogP contribution in [0.4, 0.5) is 0 Å². The van der Waals surface area contributed by atoms with E-state index in [4.69, 9.17) is 10.5 Å². The lowest BCUT2D eigenvalue weighted by Gasteiger charge is -2.25. The Balaban J connectivity index is 0.00000576. The van der Waals surface area contributed by atoms with E-state index in [9.17, 15) is 9.59 Å². The van der Waals surface area contributed by atoms with Gasteiger partial charge in [-0.15, -0.1) is 12.4 Å². The van der Waals surface area contributed by atoms with Crippen LogP contribution in [0.5, 0.6) is 5.75 Å². The van der Waals surface area contributed by atoms with Crippen molar-refractivity contribution in [3.05, 3.63) is 29.8 Å². The number of halogens is 1. The van der Waals surface area contributed by atoms with Gasteiger partial charge in [-0.2, -0.15) is 0 Å². The summed E-state index contributed by atoms with van der Waals surface area (Å²) in [6.07, 6.45) is 0. The average molecular weight is 372 g/mol. The van der Waals surface area contributed by atoms with Crippen LogP contribution in [-0.4, -0.2) is 36.5 Å². The van der Waals surface area contributed by atoms with Crippen LogP contribution in [-0.2, 0) is 4.79 Å². The van der Waals surface area contributed by atoms with Crippen LogP contribution in [0.15, 0.2) is 24.3 Å². The van der Waals surface area contributed by atoms with Gasteiger partial charge in [-0.25, -0.2) is 0 Å². The summed E-state index contributed by atoms with van der Waals surface area (Å²) in [5.74, 6) is 0.136. The number of rotatable bonds is 8. The number of nitrogens with one attached hydrogen (secondary N) is 2. The molecule has 0 spiro atoms. The summed E-state index contributed by atoms with van der Waals surface area (Å²) < 4.78 is 5.35. The van der Waals surface area contributed by atoms with Gasteiger partial charge in [-0.05, 0) is 51.0 Å². The summed E-state index contributed by atoms with van der Waals surface area (Å²) in [7, 11) is 0. The Hall–Kier alpha value is -1.79. The number of ether oxygens (including phenoxy) is 1. The SMILES string of the molecule is CCOc1ccc(C(=O)NC(C(=O)NCC(C)(C)N)C(C)C)cc1.Cl. The molecule has 6 nitrogen and oxygen atoms in total. The van der Waals surface area contributed by atoms with Gasteiger partial charge < -0.3 is 21.1 Å². The molecule has 1 unspecified atom stereocenters. The first-order chi connectivity index (χ1) is 11.1. The van der Waals surface area contributed by atoms with E-state index in [0.29, 0.717) is 24.5 Å². The molecule has 0 aromatic heterocycles. The molecular formula is C18H30ClN3O3. The number of carbonyl (C=O) groups is 2. The van der Waals surface area contributed by atoms with E-state index in [-0.39, 0.29) is 30.1 Å². The third-order valence-electron chi connectivity index (χ3n) is 3.38. The minimum atomic E-state index is -0.619. The van der Waals surface area contributed by atoms with Crippen LogP contribution in [0.2, 0.25) is 0 Å². The third-order valence-corrected chi connectivity index (χ3v) is 3.38. The summed E-state index contributed by atoms with van der Waals surface area (Å²) in [5, 5.41) is 5.58. The minimum Gasteiger partial charge on any atom is -0.494 e. The molecule has 0 aliphatic rings. The van der Waals surface area contributed by atoms with Gasteiger partial charge in [-0.3, -0.25) is 9.59 Å². The molecule has 1 atom stereocenters. The molecule has 1 aromatic rings. The highest BCUT2D eigenvalue weighted by Gasteiger charge is 2.25. The van der Waals surface area contributed by atoms with Crippen LogP contribution in [0.1, 0.15) is 45.0 Å². The molecule has 0 saturated heterocycles. The maximum atomic E-state index is 12.4. The van der Waals surface area contributed by atoms with E-state index in [1.165, 1.54) is 0 Å². The van der Waals surface area contributed by atoms with Crippen molar-refractivity contribution in [3.63, 3.8) is 0 Å². The van der Waals surface area contributed by atoms with Gasteiger partial charge in [0.15, 0.2) is 0 Å². The zero-order valence-corrected chi connectivity index (χ0v) is 16.4. The van der Waals surface area contributed by atoms with E-state index < -0.39 is 11.6 Å². The maximum Gasteiger partial charge on any atom is 0.251 e. The molecule has 7 heteroatoms. The minimum absolute atomic E-state index is 0. The second-order valence-corrected chi connectivity index (χ2v) is 6.86. The number of carbonyl (C=O) groups excluding carboxylic acids is 2. The monoisotopic (exact) mass is 371 g/mol. The zero-order chi connectivity index (χ0) is 18.3. The van der Waals surface area contributed by atoms with Gasteiger partial charge >= 0.3 is 0 Å². The smallest absolute Gasteiger partial charge is 0.251 e. The Morgan fingerprint density at radius 1 is 1.20 bits per heavy atom. The van der Waals surface area contributed by atoms with Crippen LogP contribution in [0.25, 0.3) is 0 Å². The van der Waals surface area contributed by atoms with Gasteiger partial charge in [0, 0.05) is 17.6 Å². The van der Waals surface area contributed by atoms with Gasteiger partial charge in [0.2, 0.25) is 5.91 Å². The molecule has 1 aromatic carbocycles. The first kappa shape index (κ1) is 23.2. The summed E-state index contributed by atoms with van der Waals surface area (Å²) in [6, 6.07) is 6.21. The first-order valence-electron chi connectivity index (χ1n) is 8.24. The van der Waals surface area contributed by atoms with Crippen molar-refractivity contribution in [1.82, 2.24) is 10.6 Å². The number of hydrogen-bond donors (Lipinski definition) is 3. The molecular weight excluding hydrogens is 342 g/mol. The number of amides is 2. The van der Waals surface area contributed by atoms with Crippen molar-refractivity contribution in [2.24, 2.45) is 11.7 Å². The van der Waals surface area contributed by atoms with Crippen molar-refractivity contribution in [1.29, 1.82) is 0 Å². The molecule has 0 aliphatic carbocycles. The van der Waals surface area contributed by atoms with Crippen molar-refractivity contribution < 1.29 is 14.3 Å². The Bertz CT molecular complexity index is 554. The lowest BCUT2D eigenvalue weighted by Crippen LogP contribution is -2.53. The highest BCUT2D eigenvalue weighted by atomic mass is 35.5. The standard InChI is InChI=1S/C18H29N3O3.ClH/c1-6-24-14-9-7-13(8-10-14)16(22)21-15(12(2)3)17(23)20-11-18(4,5)19;/h7-10,12,15H,6,11,19H2,1-5H3,(H,20,23)(H,21,22);1H. The van der Waals surface area contributed by atoms with Crippen molar-refractivity contribution in [2.45, 2.75) is 46.2 Å². The summed E-state index contributed by atoms with van der Waals surface area (Å²) in [6.45, 7) is 10.2. The summed E-state index contributed by atoms with van der Waals surface area (Å²) in [4.78, 5) is 24.7. The number of hydrogen-bond acceptors (Lipinski definition) is 4. The second kappa shape index (κ2) is 10.3. The lowest BCUT2D eigenvalue weighted by atomic mass is 10.0. The van der Waals surface area contributed by atoms with E-state index in [1.54, 1.807) is 24.3 Å². The van der Waals surface area contributed by atoms with E-state index >= 15 is 0 Å². The topological polar surface area (TPSA) is 93.4 Å². The van der Waals surface area contributed by atoms with E-state index in [0.717, 1.165) is 0 Å². The predicted octanol–water partition coefficient (Wildman–Crippen LogP) is 2.12. The summed E-state index contributed by atoms with van der Waals surface area (Å²) >= 11 is 0. The van der Waals surface area contributed by atoms with E-state index in [2.05, 4.69) is 10.6 Å². The molecule has 0 bridgehead atoms. The van der Waals surface area contributed by atoms with Crippen LogP contribution in [0.3, 0.4) is 0 Å². The summed E-state index contributed by atoms with van der Waals surface area (Å²) in [5.41, 5.74) is 5.86. The highest BCUT2D eigenvalue weighted by Crippen LogP contribution is 2.13. The molecule has 2 amide bonds. The Morgan fingerprint density at radius 3 is 2.20 bits per heavy atom. The largest absolute Gasteiger partial charge is 0.494 e. The number of nitrogens with two attached hydrogens (primary N) is 1. The van der Waals surface area contributed by atoms with Gasteiger partial charge in [0.1, 0.15) is 11.8 Å². The average Bonchev–Trinajstić information content (AvgIpc) is 2.50. The fraction of sp³-hybridized carbons (Fsp3) is 0.556. The fourth-order valence-electron chi connectivity index (χ4n) is 2.05. The van der Waals surface area contributed by atoms with Gasteiger partial charge in [0.05, 0.1) is 6.61 Å². The number of benzene rings is 1.